The minimum atomic E-state index is -1.21. The summed E-state index contributed by atoms with van der Waals surface area (Å²) in [7, 11) is 0. The van der Waals surface area contributed by atoms with Crippen molar-refractivity contribution in [3.8, 4) is 0 Å². The number of carboxylic acid groups (broad SMARTS) is 1. The molecule has 4 heteroatoms. The van der Waals surface area contributed by atoms with Crippen LogP contribution in [0.4, 0.5) is 5.69 Å². The first-order valence-electron chi connectivity index (χ1n) is 2.44. The number of aromatic carboxylic acids is 1. The van der Waals surface area contributed by atoms with E-state index in [1.165, 1.54) is 12.3 Å². The lowest BCUT2D eigenvalue weighted by molar-refractivity contribution is 0.0664. The Labute approximate surface area is 56.5 Å². The number of carbonyl (C=O) groups is 1. The minimum absolute atomic E-state index is 0.0347. The Bertz CT molecular complexity index is 294. The van der Waals surface area contributed by atoms with Crippen LogP contribution in [-0.4, -0.2) is 11.1 Å². The molecule has 1 aromatic heterocycles. The molecule has 0 radical (unpaired) electrons. The first-order chi connectivity index (χ1) is 4.75. The smallest absolute Gasteiger partial charge is 0.360 e. The van der Waals surface area contributed by atoms with Gasteiger partial charge in [-0.1, -0.05) is 0 Å². The van der Waals surface area contributed by atoms with Crippen molar-refractivity contribution in [1.82, 2.24) is 0 Å². The highest BCUT2D eigenvalue weighted by Gasteiger charge is 2.12. The van der Waals surface area contributed by atoms with E-state index >= 15 is 0 Å². The topological polar surface area (TPSA) is 54.8 Å². The van der Waals surface area contributed by atoms with Crippen molar-refractivity contribution in [2.75, 3.05) is 0 Å². The molecule has 10 heavy (non-hydrogen) atoms. The number of hydrogen-bond acceptors (Lipinski definition) is 2. The second-order valence-electron chi connectivity index (χ2n) is 1.55. The van der Waals surface area contributed by atoms with Gasteiger partial charge in [0.1, 0.15) is 0 Å². The SMILES string of the molecule is [C-]#[N+]c1ccoc1C(=O)O. The van der Waals surface area contributed by atoms with Gasteiger partial charge in [-0.25, -0.2) is 9.64 Å². The normalized spacial score (nSPS) is 8.70. The molecular formula is C6H3NO3. The van der Waals surface area contributed by atoms with E-state index in [1.54, 1.807) is 0 Å². The van der Waals surface area contributed by atoms with Gasteiger partial charge < -0.3 is 9.52 Å². The summed E-state index contributed by atoms with van der Waals surface area (Å²) in [6, 6.07) is 1.32. The first-order valence-corrected chi connectivity index (χ1v) is 2.44. The third-order valence-corrected chi connectivity index (χ3v) is 0.959. The van der Waals surface area contributed by atoms with Gasteiger partial charge >= 0.3 is 5.97 Å². The molecule has 0 unspecified atom stereocenters. The van der Waals surface area contributed by atoms with Crippen molar-refractivity contribution in [2.24, 2.45) is 0 Å². The zero-order chi connectivity index (χ0) is 7.56. The van der Waals surface area contributed by atoms with Crippen molar-refractivity contribution in [3.05, 3.63) is 29.5 Å². The van der Waals surface area contributed by atoms with Crippen LogP contribution >= 0.6 is 0 Å². The summed E-state index contributed by atoms with van der Waals surface area (Å²) in [6.45, 7) is 6.50. The Hall–Kier alpha value is -1.76. The number of furan rings is 1. The molecule has 0 atom stereocenters. The Morgan fingerprint density at radius 1 is 1.80 bits per heavy atom. The maximum atomic E-state index is 10.2. The maximum Gasteiger partial charge on any atom is 0.360 e. The summed E-state index contributed by atoms with van der Waals surface area (Å²) in [5.74, 6) is -1.51. The molecule has 0 saturated carbocycles. The molecule has 4 nitrogen and oxygen atoms in total. The highest BCUT2D eigenvalue weighted by atomic mass is 16.4. The van der Waals surface area contributed by atoms with Crippen LogP contribution in [0, 0.1) is 6.57 Å². The molecule has 1 heterocycles. The predicted octanol–water partition coefficient (Wildman–Crippen LogP) is 1.53. The number of rotatable bonds is 1. The van der Waals surface area contributed by atoms with Gasteiger partial charge in [0.2, 0.25) is 11.4 Å². The maximum absolute atomic E-state index is 10.2. The summed E-state index contributed by atoms with van der Waals surface area (Å²) in [5, 5.41) is 8.35. The Balaban J connectivity index is 3.17. The predicted molar refractivity (Wildman–Crippen MR) is 31.9 cm³/mol. The molecule has 0 amide bonds. The van der Waals surface area contributed by atoms with Gasteiger partial charge in [0.05, 0.1) is 12.8 Å². The van der Waals surface area contributed by atoms with E-state index in [1.807, 2.05) is 0 Å². The van der Waals surface area contributed by atoms with Crippen LogP contribution in [0.15, 0.2) is 16.7 Å². The molecule has 1 N–H and O–H groups in total. The fraction of sp³-hybridized carbons (Fsp3) is 0. The van der Waals surface area contributed by atoms with Crippen molar-refractivity contribution >= 4 is 11.7 Å². The average Bonchev–Trinajstić information content (AvgIpc) is 2.33. The minimum Gasteiger partial charge on any atom is -0.476 e. The molecule has 0 fully saturated rings. The fourth-order valence-electron chi connectivity index (χ4n) is 0.551. The Morgan fingerprint density at radius 3 is 2.90 bits per heavy atom. The molecule has 0 bridgehead atoms. The molecule has 0 spiro atoms. The van der Waals surface area contributed by atoms with E-state index in [-0.39, 0.29) is 11.4 Å². The van der Waals surface area contributed by atoms with Gasteiger partial charge in [-0.3, -0.25) is 0 Å². The van der Waals surface area contributed by atoms with Gasteiger partial charge in [-0.2, -0.15) is 0 Å². The highest BCUT2D eigenvalue weighted by Crippen LogP contribution is 2.19. The molecule has 50 valence electrons. The zero-order valence-electron chi connectivity index (χ0n) is 4.87. The first kappa shape index (κ1) is 6.36. The molecule has 0 aromatic carbocycles. The fourth-order valence-corrected chi connectivity index (χ4v) is 0.551. The van der Waals surface area contributed by atoms with Crippen molar-refractivity contribution < 1.29 is 14.3 Å². The standard InChI is InChI=1S/C6H3NO3/c1-7-4-2-3-10-5(4)6(8)9/h2-3H,(H,8,9). The number of hydrogen-bond donors (Lipinski definition) is 1. The summed E-state index contributed by atoms with van der Waals surface area (Å²) in [5.41, 5.74) is 0.0347. The third kappa shape index (κ3) is 0.845. The highest BCUT2D eigenvalue weighted by molar-refractivity contribution is 5.91. The number of carboxylic acids is 1. The lowest BCUT2D eigenvalue weighted by Crippen LogP contribution is -1.92. The van der Waals surface area contributed by atoms with Gasteiger partial charge in [0.15, 0.2) is 0 Å². The molecule has 0 saturated heterocycles. The van der Waals surface area contributed by atoms with Crippen LogP contribution in [0.5, 0.6) is 0 Å². The second kappa shape index (κ2) is 2.23. The van der Waals surface area contributed by atoms with E-state index in [2.05, 4.69) is 9.26 Å². The summed E-state index contributed by atoms with van der Waals surface area (Å²) >= 11 is 0. The van der Waals surface area contributed by atoms with E-state index in [0.717, 1.165) is 0 Å². The van der Waals surface area contributed by atoms with Crippen molar-refractivity contribution in [3.63, 3.8) is 0 Å². The van der Waals surface area contributed by atoms with E-state index in [0.29, 0.717) is 0 Å². The lowest BCUT2D eigenvalue weighted by atomic mass is 10.4. The van der Waals surface area contributed by atoms with Crippen LogP contribution in [0.3, 0.4) is 0 Å². The Morgan fingerprint density at radius 2 is 2.50 bits per heavy atom. The van der Waals surface area contributed by atoms with E-state index in [4.69, 9.17) is 11.7 Å². The van der Waals surface area contributed by atoms with Gasteiger partial charge in [-0.05, 0) is 6.07 Å². The average molecular weight is 137 g/mol. The number of nitrogens with zero attached hydrogens (tertiary/aromatic N) is 1. The molecule has 0 aliphatic carbocycles. The van der Waals surface area contributed by atoms with E-state index in [9.17, 15) is 4.79 Å². The van der Waals surface area contributed by atoms with Gasteiger partial charge in [-0.15, -0.1) is 0 Å². The summed E-state index contributed by atoms with van der Waals surface area (Å²) in [4.78, 5) is 13.1. The molecular weight excluding hydrogens is 134 g/mol. The molecule has 0 aliphatic rings. The van der Waals surface area contributed by atoms with Crippen LogP contribution in [-0.2, 0) is 0 Å². The third-order valence-electron chi connectivity index (χ3n) is 0.959. The monoisotopic (exact) mass is 137 g/mol. The second-order valence-corrected chi connectivity index (χ2v) is 1.55. The van der Waals surface area contributed by atoms with Crippen molar-refractivity contribution in [2.45, 2.75) is 0 Å². The zero-order valence-corrected chi connectivity index (χ0v) is 4.87. The molecule has 1 rings (SSSR count). The quantitative estimate of drug-likeness (QED) is 0.597. The van der Waals surface area contributed by atoms with Crippen LogP contribution < -0.4 is 0 Å². The summed E-state index contributed by atoms with van der Waals surface area (Å²) in [6.07, 6.45) is 1.18. The molecule has 1 aromatic rings. The van der Waals surface area contributed by atoms with Gasteiger partial charge in [0, 0.05) is 0 Å². The lowest BCUT2D eigenvalue weighted by Gasteiger charge is -1.84. The van der Waals surface area contributed by atoms with Crippen LogP contribution in [0.2, 0.25) is 0 Å². The van der Waals surface area contributed by atoms with E-state index < -0.39 is 5.97 Å². The molecule has 0 aliphatic heterocycles. The Kier molecular flexibility index (Phi) is 1.42. The van der Waals surface area contributed by atoms with Gasteiger partial charge in [0.25, 0.3) is 0 Å². The van der Waals surface area contributed by atoms with Crippen molar-refractivity contribution in [1.29, 1.82) is 0 Å². The van der Waals surface area contributed by atoms with Crippen LogP contribution in [0.1, 0.15) is 10.6 Å². The summed E-state index contributed by atoms with van der Waals surface area (Å²) < 4.78 is 4.50. The largest absolute Gasteiger partial charge is 0.476 e. The van der Waals surface area contributed by atoms with Crippen LogP contribution in [0.25, 0.3) is 4.85 Å².